The number of hydrogen-bond donors (Lipinski definition) is 1. The van der Waals surface area contributed by atoms with Crippen molar-refractivity contribution >= 4 is 30.5 Å². The van der Waals surface area contributed by atoms with Crippen LogP contribution in [0.2, 0.25) is 0 Å². The summed E-state index contributed by atoms with van der Waals surface area (Å²) in [4.78, 5) is 20.6. The predicted molar refractivity (Wildman–Crippen MR) is 144 cm³/mol. The van der Waals surface area contributed by atoms with Gasteiger partial charge in [0.2, 0.25) is 5.91 Å². The fourth-order valence-corrected chi connectivity index (χ4v) is 4.96. The zero-order chi connectivity index (χ0) is 27.1. The highest BCUT2D eigenvalue weighted by molar-refractivity contribution is 7.48. The lowest BCUT2D eigenvalue weighted by molar-refractivity contribution is -0.111. The molecule has 1 amide bonds. The molecule has 11 heteroatoms. The van der Waals surface area contributed by atoms with Crippen molar-refractivity contribution in [2.24, 2.45) is 0 Å². The number of nitrogens with one attached hydrogen (secondary N) is 1. The minimum absolute atomic E-state index is 0.136. The molecule has 0 aliphatic carbocycles. The Morgan fingerprint density at radius 3 is 2.58 bits per heavy atom. The summed E-state index contributed by atoms with van der Waals surface area (Å²) < 4.78 is 30.7. The quantitative estimate of drug-likeness (QED) is 0.187. The molecular formula is C27H26N5O5P. The van der Waals surface area contributed by atoms with E-state index in [4.69, 9.17) is 13.6 Å². The maximum atomic E-state index is 12.9. The summed E-state index contributed by atoms with van der Waals surface area (Å²) >= 11 is 0. The minimum Gasteiger partial charge on any atom is -0.321 e. The lowest BCUT2D eigenvalue weighted by atomic mass is 10.0. The average molecular weight is 532 g/mol. The van der Waals surface area contributed by atoms with E-state index in [1.807, 2.05) is 18.3 Å². The monoisotopic (exact) mass is 531 g/mol. The average Bonchev–Trinajstić information content (AvgIpc) is 3.30. The van der Waals surface area contributed by atoms with Gasteiger partial charge in [0.15, 0.2) is 0 Å². The number of carbonyl (C=O) groups is 1. The van der Waals surface area contributed by atoms with Gasteiger partial charge in [0.05, 0.1) is 36.7 Å². The molecule has 0 atom stereocenters. The van der Waals surface area contributed by atoms with Crippen LogP contribution in [0.4, 0.5) is 5.69 Å². The van der Waals surface area contributed by atoms with Gasteiger partial charge < -0.3 is 9.88 Å². The van der Waals surface area contributed by atoms with Crippen molar-refractivity contribution in [2.75, 3.05) is 18.5 Å². The van der Waals surface area contributed by atoms with E-state index in [2.05, 4.69) is 27.9 Å². The topological polar surface area (TPSA) is 128 Å². The molecular weight excluding hydrogens is 505 g/mol. The van der Waals surface area contributed by atoms with Gasteiger partial charge in [0.25, 0.3) is 0 Å². The van der Waals surface area contributed by atoms with Crippen LogP contribution in [0.3, 0.4) is 0 Å². The van der Waals surface area contributed by atoms with Gasteiger partial charge in [0, 0.05) is 40.7 Å². The molecule has 1 N–H and O–H groups in total. The lowest BCUT2D eigenvalue weighted by Crippen LogP contribution is -2.07. The van der Waals surface area contributed by atoms with Gasteiger partial charge in [-0.25, -0.2) is 9.55 Å². The molecule has 4 rings (SSSR count). The second-order valence-corrected chi connectivity index (χ2v) is 9.67. The highest BCUT2D eigenvalue weighted by Crippen LogP contribution is 2.49. The molecule has 3 heterocycles. The summed E-state index contributed by atoms with van der Waals surface area (Å²) in [5.74, 6) is -0.342. The Hall–Kier alpha value is -4.13. The van der Waals surface area contributed by atoms with Crippen LogP contribution in [0.25, 0.3) is 33.3 Å². The molecule has 0 fully saturated rings. The van der Waals surface area contributed by atoms with Crippen molar-refractivity contribution in [3.05, 3.63) is 79.4 Å². The Balaban J connectivity index is 1.80. The highest BCUT2D eigenvalue weighted by Gasteiger charge is 2.26. The van der Waals surface area contributed by atoms with E-state index < -0.39 is 7.82 Å². The number of anilines is 1. The third kappa shape index (κ3) is 6.05. The summed E-state index contributed by atoms with van der Waals surface area (Å²) in [5.41, 5.74) is 4.68. The molecule has 38 heavy (non-hydrogen) atoms. The Morgan fingerprint density at radius 1 is 1.11 bits per heavy atom. The molecule has 194 valence electrons. The van der Waals surface area contributed by atoms with Gasteiger partial charge in [-0.05, 0) is 49.8 Å². The lowest BCUT2D eigenvalue weighted by Gasteiger charge is -2.16. The normalized spacial score (nSPS) is 11.3. The zero-order valence-corrected chi connectivity index (χ0v) is 21.9. The Kier molecular flexibility index (Phi) is 8.46. The van der Waals surface area contributed by atoms with E-state index in [0.29, 0.717) is 16.9 Å². The number of rotatable bonds is 11. The fraction of sp³-hybridized carbons (Fsp3) is 0.185. The summed E-state index contributed by atoms with van der Waals surface area (Å²) in [6.07, 6.45) is 7.89. The van der Waals surface area contributed by atoms with Crippen LogP contribution >= 0.6 is 7.82 Å². The van der Waals surface area contributed by atoms with Crippen LogP contribution in [-0.2, 0) is 29.7 Å². The van der Waals surface area contributed by atoms with Crippen molar-refractivity contribution in [3.8, 4) is 28.3 Å². The van der Waals surface area contributed by atoms with Crippen LogP contribution < -0.4 is 5.32 Å². The van der Waals surface area contributed by atoms with Gasteiger partial charge >= 0.3 is 7.82 Å². The molecule has 0 saturated heterocycles. The summed E-state index contributed by atoms with van der Waals surface area (Å²) in [7, 11) is -3.76. The van der Waals surface area contributed by atoms with Crippen molar-refractivity contribution in [1.82, 2.24) is 14.5 Å². The van der Waals surface area contributed by atoms with Gasteiger partial charge in [0.1, 0.15) is 12.4 Å². The number of hydrogen-bond acceptors (Lipinski definition) is 8. The maximum absolute atomic E-state index is 12.9. The molecule has 4 aromatic rings. The molecule has 0 aliphatic heterocycles. The van der Waals surface area contributed by atoms with Gasteiger partial charge in [-0.15, -0.1) is 0 Å². The fourth-order valence-electron chi connectivity index (χ4n) is 3.83. The second-order valence-electron chi connectivity index (χ2n) is 8.00. The van der Waals surface area contributed by atoms with Crippen molar-refractivity contribution in [1.29, 1.82) is 5.26 Å². The Bertz CT molecular complexity index is 1570. The largest absolute Gasteiger partial charge is 0.476 e. The third-order valence-corrected chi connectivity index (χ3v) is 7.05. The van der Waals surface area contributed by atoms with Gasteiger partial charge in [-0.3, -0.25) is 23.3 Å². The number of pyridine rings is 2. The molecule has 10 nitrogen and oxygen atoms in total. The number of phosphoric ester groups is 1. The van der Waals surface area contributed by atoms with Gasteiger partial charge in [-0.2, -0.15) is 5.26 Å². The predicted octanol–water partition coefficient (Wildman–Crippen LogP) is 5.92. The molecule has 0 unspecified atom stereocenters. The second kappa shape index (κ2) is 11.9. The summed E-state index contributed by atoms with van der Waals surface area (Å²) in [5, 5.41) is 12.9. The standard InChI is InChI=1S/C27H26N5O5P/c1-4-26(33)31-23-11-21(14-29-16-23)22-12-24-25(20-9-7-8-19(10-20)13-28)17-32(27(24)30-15-22)18-37-38(34,35-5-2)36-6-3/h4,7-12,14-17H,1,5-6,18H2,2-3H3,(H,31,33). The maximum Gasteiger partial charge on any atom is 0.476 e. The first-order valence-corrected chi connectivity index (χ1v) is 13.3. The molecule has 0 aliphatic rings. The van der Waals surface area contributed by atoms with E-state index >= 15 is 0 Å². The van der Waals surface area contributed by atoms with Crippen LogP contribution in [0.1, 0.15) is 19.4 Å². The number of carbonyl (C=O) groups excluding carboxylic acids is 1. The number of phosphoric acid groups is 1. The van der Waals surface area contributed by atoms with E-state index in [1.165, 1.54) is 6.08 Å². The van der Waals surface area contributed by atoms with Crippen LogP contribution in [-0.4, -0.2) is 33.7 Å². The van der Waals surface area contributed by atoms with Crippen molar-refractivity contribution < 1.29 is 22.9 Å². The van der Waals surface area contributed by atoms with Gasteiger partial charge in [-0.1, -0.05) is 18.7 Å². The molecule has 0 saturated carbocycles. The number of amides is 1. The first-order valence-electron chi connectivity index (χ1n) is 11.8. The smallest absolute Gasteiger partial charge is 0.321 e. The molecule has 0 bridgehead atoms. The first-order chi connectivity index (χ1) is 18.4. The Labute approximate surface area is 220 Å². The minimum atomic E-state index is -3.76. The first kappa shape index (κ1) is 26.9. The molecule has 0 spiro atoms. The molecule has 0 radical (unpaired) electrons. The summed E-state index contributed by atoms with van der Waals surface area (Å²) in [6, 6.07) is 13.1. The SMILES string of the molecule is C=CC(=O)Nc1cncc(-c2cnc3c(c2)c(-c2cccc(C#N)c2)cn3COP(=O)(OCC)OCC)c1. The number of nitriles is 1. The van der Waals surface area contributed by atoms with Crippen LogP contribution in [0, 0.1) is 11.3 Å². The Morgan fingerprint density at radius 2 is 1.87 bits per heavy atom. The number of fused-ring (bicyclic) bond motifs is 1. The van der Waals surface area contributed by atoms with Crippen molar-refractivity contribution in [2.45, 2.75) is 20.6 Å². The summed E-state index contributed by atoms with van der Waals surface area (Å²) in [6.45, 7) is 7.07. The molecule has 3 aromatic heterocycles. The van der Waals surface area contributed by atoms with E-state index in [-0.39, 0.29) is 25.9 Å². The number of nitrogens with zero attached hydrogens (tertiary/aromatic N) is 4. The van der Waals surface area contributed by atoms with E-state index in [1.54, 1.807) is 61.3 Å². The van der Waals surface area contributed by atoms with Crippen LogP contribution in [0.5, 0.6) is 0 Å². The number of aromatic nitrogens is 3. The van der Waals surface area contributed by atoms with Crippen LogP contribution in [0.15, 0.2) is 73.8 Å². The zero-order valence-electron chi connectivity index (χ0n) is 21.0. The molecule has 1 aromatic carbocycles. The van der Waals surface area contributed by atoms with E-state index in [0.717, 1.165) is 27.6 Å². The van der Waals surface area contributed by atoms with E-state index in [9.17, 15) is 14.6 Å². The number of benzene rings is 1. The highest BCUT2D eigenvalue weighted by atomic mass is 31.2. The third-order valence-electron chi connectivity index (χ3n) is 5.47. The van der Waals surface area contributed by atoms with Crippen molar-refractivity contribution in [3.63, 3.8) is 0 Å².